The van der Waals surface area contributed by atoms with E-state index >= 15 is 0 Å². The summed E-state index contributed by atoms with van der Waals surface area (Å²) < 4.78 is 17.0. The lowest BCUT2D eigenvalue weighted by atomic mass is 10.0. The molecule has 6 nitrogen and oxygen atoms in total. The molecule has 6 heteroatoms. The zero-order chi connectivity index (χ0) is 53.6. The van der Waals surface area contributed by atoms with Crippen LogP contribution in [0.2, 0.25) is 0 Å². The summed E-state index contributed by atoms with van der Waals surface area (Å²) in [6.07, 6.45) is 75.2. The fraction of sp³-hybridized carbons (Fsp3) is 0.926. The molecule has 74 heavy (non-hydrogen) atoms. The molecule has 0 aliphatic heterocycles. The van der Waals surface area contributed by atoms with E-state index in [2.05, 4.69) is 32.9 Å². The SMILES string of the molecule is CCCCCCCCCC/C=C\CCCCCCCCCCCCCC(=O)OCC(COC(=O)CCCCCCCCCCCCCC)OC(=O)CCCCCCCCCCCCCCCCCCCCCCC. The highest BCUT2D eigenvalue weighted by Gasteiger charge is 2.19. The van der Waals surface area contributed by atoms with Crippen molar-refractivity contribution in [3.63, 3.8) is 0 Å². The van der Waals surface area contributed by atoms with Crippen molar-refractivity contribution in [3.8, 4) is 0 Å². The van der Waals surface area contributed by atoms with Crippen molar-refractivity contribution >= 4 is 17.9 Å². The molecule has 0 aliphatic rings. The number of rotatable bonds is 63. The molecule has 0 aromatic heterocycles. The summed E-state index contributed by atoms with van der Waals surface area (Å²) >= 11 is 0. The summed E-state index contributed by atoms with van der Waals surface area (Å²) in [6, 6.07) is 0. The summed E-state index contributed by atoms with van der Waals surface area (Å²) in [4.78, 5) is 38.3. The first kappa shape index (κ1) is 72.2. The fourth-order valence-corrected chi connectivity index (χ4v) is 10.4. The second-order valence-electron chi connectivity index (χ2n) is 23.1. The van der Waals surface area contributed by atoms with Crippen molar-refractivity contribution in [2.24, 2.45) is 0 Å². The van der Waals surface area contributed by atoms with Gasteiger partial charge in [0, 0.05) is 19.3 Å². The molecule has 0 bridgehead atoms. The Hall–Kier alpha value is -1.85. The molecular formula is C68H130O6. The summed E-state index contributed by atoms with van der Waals surface area (Å²) in [5.74, 6) is -0.832. The number of carbonyl (C=O) groups is 3. The maximum absolute atomic E-state index is 12.9. The highest BCUT2D eigenvalue weighted by molar-refractivity contribution is 5.71. The third-order valence-electron chi connectivity index (χ3n) is 15.5. The summed E-state index contributed by atoms with van der Waals surface area (Å²) in [5, 5.41) is 0. The normalized spacial score (nSPS) is 12.0. The van der Waals surface area contributed by atoms with Gasteiger partial charge in [0.1, 0.15) is 13.2 Å². The number of carbonyl (C=O) groups excluding carboxylic acids is 3. The Labute approximate surface area is 462 Å². The van der Waals surface area contributed by atoms with Crippen molar-refractivity contribution in [2.75, 3.05) is 13.2 Å². The van der Waals surface area contributed by atoms with Gasteiger partial charge in [-0.1, -0.05) is 335 Å². The molecule has 0 saturated heterocycles. The monoisotopic (exact) mass is 1040 g/mol. The Bertz CT molecular complexity index is 1150. The van der Waals surface area contributed by atoms with E-state index in [0.29, 0.717) is 19.3 Å². The van der Waals surface area contributed by atoms with E-state index in [0.717, 1.165) is 57.8 Å². The van der Waals surface area contributed by atoms with Crippen LogP contribution in [0.5, 0.6) is 0 Å². The van der Waals surface area contributed by atoms with Crippen molar-refractivity contribution in [1.29, 1.82) is 0 Å². The van der Waals surface area contributed by atoms with Gasteiger partial charge < -0.3 is 14.2 Å². The number of ether oxygens (including phenoxy) is 3. The minimum absolute atomic E-state index is 0.0633. The van der Waals surface area contributed by atoms with Crippen LogP contribution in [0.4, 0.5) is 0 Å². The maximum atomic E-state index is 12.9. The lowest BCUT2D eigenvalue weighted by Gasteiger charge is -2.18. The first-order chi connectivity index (χ1) is 36.5. The predicted molar refractivity (Wildman–Crippen MR) is 321 cm³/mol. The van der Waals surface area contributed by atoms with Gasteiger partial charge in [0.25, 0.3) is 0 Å². The van der Waals surface area contributed by atoms with Crippen molar-refractivity contribution < 1.29 is 28.6 Å². The Kier molecular flexibility index (Phi) is 62.1. The number of hydrogen-bond donors (Lipinski definition) is 0. The molecule has 0 radical (unpaired) electrons. The Morgan fingerprint density at radius 3 is 0.676 bits per heavy atom. The summed E-state index contributed by atoms with van der Waals surface area (Å²) in [6.45, 7) is 6.72. The van der Waals surface area contributed by atoms with Crippen molar-refractivity contribution in [1.82, 2.24) is 0 Å². The van der Waals surface area contributed by atoms with E-state index in [9.17, 15) is 14.4 Å². The van der Waals surface area contributed by atoms with Gasteiger partial charge in [-0.25, -0.2) is 0 Å². The molecule has 0 fully saturated rings. The van der Waals surface area contributed by atoms with E-state index in [4.69, 9.17) is 14.2 Å². The van der Waals surface area contributed by atoms with Gasteiger partial charge in [0.05, 0.1) is 0 Å². The van der Waals surface area contributed by atoms with Crippen molar-refractivity contribution in [2.45, 2.75) is 393 Å². The molecule has 0 aromatic rings. The average molecular weight is 1040 g/mol. The lowest BCUT2D eigenvalue weighted by molar-refractivity contribution is -0.167. The quantitative estimate of drug-likeness (QED) is 0.0261. The molecular weight excluding hydrogens is 913 g/mol. The first-order valence-electron chi connectivity index (χ1n) is 33.7. The van der Waals surface area contributed by atoms with E-state index in [1.807, 2.05) is 0 Å². The average Bonchev–Trinajstić information content (AvgIpc) is 3.40. The number of hydrogen-bond acceptors (Lipinski definition) is 6. The fourth-order valence-electron chi connectivity index (χ4n) is 10.4. The Balaban J connectivity index is 4.21. The van der Waals surface area contributed by atoms with Crippen LogP contribution < -0.4 is 0 Å². The molecule has 0 N–H and O–H groups in total. The van der Waals surface area contributed by atoms with Gasteiger partial charge in [-0.2, -0.15) is 0 Å². The van der Waals surface area contributed by atoms with Crippen molar-refractivity contribution in [3.05, 3.63) is 12.2 Å². The highest BCUT2D eigenvalue weighted by atomic mass is 16.6. The van der Waals surface area contributed by atoms with Crippen LogP contribution in [0.15, 0.2) is 12.2 Å². The second-order valence-corrected chi connectivity index (χ2v) is 23.1. The van der Waals surface area contributed by atoms with Gasteiger partial charge in [0.15, 0.2) is 6.10 Å². The van der Waals surface area contributed by atoms with E-state index in [1.165, 1.54) is 289 Å². The lowest BCUT2D eigenvalue weighted by Crippen LogP contribution is -2.30. The van der Waals surface area contributed by atoms with Crippen LogP contribution in [-0.4, -0.2) is 37.2 Å². The molecule has 0 saturated carbocycles. The molecule has 1 atom stereocenters. The van der Waals surface area contributed by atoms with E-state index in [-0.39, 0.29) is 31.1 Å². The molecule has 1 unspecified atom stereocenters. The summed E-state index contributed by atoms with van der Waals surface area (Å²) in [5.41, 5.74) is 0. The zero-order valence-corrected chi connectivity index (χ0v) is 50.4. The molecule has 0 amide bonds. The van der Waals surface area contributed by atoms with Gasteiger partial charge in [-0.15, -0.1) is 0 Å². The first-order valence-corrected chi connectivity index (χ1v) is 33.7. The van der Waals surface area contributed by atoms with Crippen LogP contribution in [-0.2, 0) is 28.6 Å². The third-order valence-corrected chi connectivity index (χ3v) is 15.5. The smallest absolute Gasteiger partial charge is 0.306 e. The molecule has 0 heterocycles. The second kappa shape index (κ2) is 63.7. The molecule has 438 valence electrons. The van der Waals surface area contributed by atoms with Gasteiger partial charge in [-0.3, -0.25) is 14.4 Å². The third kappa shape index (κ3) is 61.0. The largest absolute Gasteiger partial charge is 0.462 e. The number of esters is 3. The molecule has 0 aliphatic carbocycles. The minimum Gasteiger partial charge on any atom is -0.462 e. The van der Waals surface area contributed by atoms with Crippen LogP contribution >= 0.6 is 0 Å². The highest BCUT2D eigenvalue weighted by Crippen LogP contribution is 2.18. The molecule has 0 rings (SSSR count). The van der Waals surface area contributed by atoms with Crippen LogP contribution in [0.25, 0.3) is 0 Å². The van der Waals surface area contributed by atoms with E-state index in [1.54, 1.807) is 0 Å². The van der Waals surface area contributed by atoms with Crippen LogP contribution in [0, 0.1) is 0 Å². The maximum Gasteiger partial charge on any atom is 0.306 e. The molecule has 0 spiro atoms. The van der Waals surface area contributed by atoms with Gasteiger partial charge in [-0.05, 0) is 44.9 Å². The standard InChI is InChI=1S/C68H130O6/c1-4-7-10-13-16-19-22-25-27-29-31-33-34-36-37-39-41-43-46-49-52-55-58-61-67(70)73-64-65(63-72-66(69)60-57-54-51-48-45-24-21-18-15-12-9-6-3)74-68(71)62-59-56-53-50-47-44-42-40-38-35-32-30-28-26-23-20-17-14-11-8-5-2/h29,31,65H,4-28,30,32-64H2,1-3H3/b31-29-. The Morgan fingerprint density at radius 2 is 0.446 bits per heavy atom. The summed E-state index contributed by atoms with van der Waals surface area (Å²) in [7, 11) is 0. The van der Waals surface area contributed by atoms with Crippen LogP contribution in [0.1, 0.15) is 387 Å². The molecule has 0 aromatic carbocycles. The van der Waals surface area contributed by atoms with E-state index < -0.39 is 6.10 Å². The number of allylic oxidation sites excluding steroid dienone is 2. The zero-order valence-electron chi connectivity index (χ0n) is 50.4. The topological polar surface area (TPSA) is 78.9 Å². The predicted octanol–water partition coefficient (Wildman–Crippen LogP) is 22.8. The van der Waals surface area contributed by atoms with Gasteiger partial charge in [0.2, 0.25) is 0 Å². The minimum atomic E-state index is -0.765. The Morgan fingerprint density at radius 1 is 0.257 bits per heavy atom. The van der Waals surface area contributed by atoms with Gasteiger partial charge >= 0.3 is 17.9 Å². The number of unbranched alkanes of at least 4 members (excludes halogenated alkanes) is 50. The van der Waals surface area contributed by atoms with Crippen LogP contribution in [0.3, 0.4) is 0 Å².